The van der Waals surface area contributed by atoms with Crippen LogP contribution in [0.4, 0.5) is 5.69 Å². The Morgan fingerprint density at radius 3 is 2.46 bits per heavy atom. The molecule has 1 aromatic heterocycles. The second kappa shape index (κ2) is 7.83. The molecule has 8 nitrogen and oxygen atoms in total. The molecule has 0 radical (unpaired) electrons. The average molecular weight is 383 g/mol. The summed E-state index contributed by atoms with van der Waals surface area (Å²) in [5.74, 6) is -0.943. The van der Waals surface area contributed by atoms with Crippen molar-refractivity contribution in [3.63, 3.8) is 0 Å². The van der Waals surface area contributed by atoms with Gasteiger partial charge >= 0.3 is 11.9 Å². The van der Waals surface area contributed by atoms with E-state index in [4.69, 9.17) is 13.9 Å². The van der Waals surface area contributed by atoms with Crippen molar-refractivity contribution in [2.24, 2.45) is 0 Å². The van der Waals surface area contributed by atoms with E-state index in [9.17, 15) is 19.5 Å². The third kappa shape index (κ3) is 4.47. The molecule has 2 N–H and O–H groups in total. The van der Waals surface area contributed by atoms with Crippen molar-refractivity contribution >= 4 is 34.5 Å². The zero-order valence-corrected chi connectivity index (χ0v) is 15.1. The van der Waals surface area contributed by atoms with E-state index in [0.717, 1.165) is 0 Å². The molecule has 0 aliphatic rings. The van der Waals surface area contributed by atoms with Gasteiger partial charge in [0.1, 0.15) is 17.1 Å². The highest BCUT2D eigenvalue weighted by molar-refractivity contribution is 5.95. The summed E-state index contributed by atoms with van der Waals surface area (Å²) in [6.07, 6.45) is -0.212. The van der Waals surface area contributed by atoms with Crippen molar-refractivity contribution in [2.45, 2.75) is 20.3 Å². The molecule has 0 aliphatic heterocycles. The molecule has 0 unspecified atom stereocenters. The minimum Gasteiger partial charge on any atom is -0.508 e. The standard InChI is InChI=1S/C20H17NO7/c1-11(22)26-15-6-7-16-17(9-15)28-18(20(16)27-12(2)23)10-19(25)21-13-4-3-5-14(24)8-13/h3-9,24H,10H2,1-2H3,(H,21,25). The normalized spacial score (nSPS) is 10.5. The zero-order valence-electron chi connectivity index (χ0n) is 15.1. The second-order valence-corrected chi connectivity index (χ2v) is 5.97. The van der Waals surface area contributed by atoms with Crippen LogP contribution in [-0.4, -0.2) is 23.0 Å². The molecule has 1 heterocycles. The average Bonchev–Trinajstić information content (AvgIpc) is 2.90. The van der Waals surface area contributed by atoms with Gasteiger partial charge in [-0.3, -0.25) is 14.4 Å². The molecule has 0 spiro atoms. The summed E-state index contributed by atoms with van der Waals surface area (Å²) in [5.41, 5.74) is 0.711. The summed E-state index contributed by atoms with van der Waals surface area (Å²) in [6.45, 7) is 2.51. The van der Waals surface area contributed by atoms with Crippen molar-refractivity contribution < 1.29 is 33.4 Å². The molecule has 0 bridgehead atoms. The van der Waals surface area contributed by atoms with Gasteiger partial charge in [0, 0.05) is 31.7 Å². The number of carbonyl (C=O) groups is 3. The van der Waals surface area contributed by atoms with Crippen LogP contribution in [0.3, 0.4) is 0 Å². The Bertz CT molecular complexity index is 1070. The second-order valence-electron chi connectivity index (χ2n) is 5.97. The fourth-order valence-corrected chi connectivity index (χ4v) is 2.64. The monoisotopic (exact) mass is 383 g/mol. The molecular weight excluding hydrogens is 366 g/mol. The van der Waals surface area contributed by atoms with Gasteiger partial charge in [-0.1, -0.05) is 6.07 Å². The summed E-state index contributed by atoms with van der Waals surface area (Å²) < 4.78 is 15.9. The largest absolute Gasteiger partial charge is 0.508 e. The number of phenols is 1. The maximum absolute atomic E-state index is 12.4. The van der Waals surface area contributed by atoms with E-state index in [0.29, 0.717) is 16.7 Å². The van der Waals surface area contributed by atoms with E-state index in [2.05, 4.69) is 5.32 Å². The summed E-state index contributed by atoms with van der Waals surface area (Å²) in [5, 5.41) is 12.6. The number of anilines is 1. The van der Waals surface area contributed by atoms with Gasteiger partial charge in [0.15, 0.2) is 11.5 Å². The van der Waals surface area contributed by atoms with Crippen LogP contribution in [0, 0.1) is 0 Å². The number of ether oxygens (including phenoxy) is 2. The van der Waals surface area contributed by atoms with Crippen LogP contribution in [0.15, 0.2) is 46.9 Å². The predicted octanol–water partition coefficient (Wildman–Crippen LogP) is 3.17. The first-order valence-corrected chi connectivity index (χ1v) is 8.33. The Hall–Kier alpha value is -3.81. The third-order valence-electron chi connectivity index (χ3n) is 3.64. The number of carbonyl (C=O) groups excluding carboxylic acids is 3. The molecule has 144 valence electrons. The van der Waals surface area contributed by atoms with E-state index in [1.807, 2.05) is 0 Å². The number of nitrogens with one attached hydrogen (secondary N) is 1. The minimum atomic E-state index is -0.568. The molecule has 0 aliphatic carbocycles. The van der Waals surface area contributed by atoms with Crippen LogP contribution >= 0.6 is 0 Å². The van der Waals surface area contributed by atoms with E-state index < -0.39 is 17.8 Å². The van der Waals surface area contributed by atoms with Crippen molar-refractivity contribution in [2.75, 3.05) is 5.32 Å². The van der Waals surface area contributed by atoms with Gasteiger partial charge in [0.25, 0.3) is 0 Å². The molecule has 0 saturated carbocycles. The number of esters is 2. The Labute approximate surface area is 159 Å². The van der Waals surface area contributed by atoms with Gasteiger partial charge in [0.05, 0.1) is 11.8 Å². The third-order valence-corrected chi connectivity index (χ3v) is 3.64. The van der Waals surface area contributed by atoms with Gasteiger partial charge in [-0.15, -0.1) is 0 Å². The van der Waals surface area contributed by atoms with Crippen LogP contribution in [0.2, 0.25) is 0 Å². The highest BCUT2D eigenvalue weighted by atomic mass is 16.5. The fraction of sp³-hybridized carbons (Fsp3) is 0.150. The lowest BCUT2D eigenvalue weighted by Gasteiger charge is -2.06. The first kappa shape index (κ1) is 19.0. The maximum Gasteiger partial charge on any atom is 0.308 e. The van der Waals surface area contributed by atoms with Crippen molar-refractivity contribution in [1.82, 2.24) is 0 Å². The van der Waals surface area contributed by atoms with Crippen LogP contribution < -0.4 is 14.8 Å². The van der Waals surface area contributed by atoms with Gasteiger partial charge < -0.3 is 24.3 Å². The molecule has 0 saturated heterocycles. The van der Waals surface area contributed by atoms with Crippen molar-refractivity contribution in [3.05, 3.63) is 48.2 Å². The van der Waals surface area contributed by atoms with E-state index in [1.165, 1.54) is 38.1 Å². The number of benzene rings is 2. The van der Waals surface area contributed by atoms with Gasteiger partial charge in [0.2, 0.25) is 5.91 Å². The number of hydrogen-bond donors (Lipinski definition) is 2. The summed E-state index contributed by atoms with van der Waals surface area (Å²) in [7, 11) is 0. The molecule has 28 heavy (non-hydrogen) atoms. The first-order valence-electron chi connectivity index (χ1n) is 8.33. The summed E-state index contributed by atoms with van der Waals surface area (Å²) in [6, 6.07) is 10.7. The topological polar surface area (TPSA) is 115 Å². The number of phenolic OH excluding ortho intramolecular Hbond substituents is 1. The van der Waals surface area contributed by atoms with Crippen molar-refractivity contribution in [1.29, 1.82) is 0 Å². The number of furan rings is 1. The zero-order chi connectivity index (χ0) is 20.3. The quantitative estimate of drug-likeness (QED) is 0.513. The number of rotatable bonds is 5. The lowest BCUT2D eigenvalue weighted by molar-refractivity contribution is -0.132. The Morgan fingerprint density at radius 1 is 1.04 bits per heavy atom. The number of aromatic hydroxyl groups is 1. The molecule has 0 atom stereocenters. The molecule has 1 amide bonds. The SMILES string of the molecule is CC(=O)Oc1ccc2c(OC(C)=O)c(CC(=O)Nc3cccc(O)c3)oc2c1. The van der Waals surface area contributed by atoms with Crippen LogP contribution in [0.25, 0.3) is 11.0 Å². The molecule has 0 fully saturated rings. The highest BCUT2D eigenvalue weighted by Crippen LogP contribution is 2.36. The van der Waals surface area contributed by atoms with Crippen LogP contribution in [0.5, 0.6) is 17.2 Å². The highest BCUT2D eigenvalue weighted by Gasteiger charge is 2.21. The smallest absolute Gasteiger partial charge is 0.308 e. The number of amides is 1. The first-order chi connectivity index (χ1) is 13.3. The van der Waals surface area contributed by atoms with E-state index in [-0.39, 0.29) is 29.4 Å². The fourth-order valence-electron chi connectivity index (χ4n) is 2.64. The Balaban J connectivity index is 1.90. The Kier molecular flexibility index (Phi) is 5.30. The van der Waals surface area contributed by atoms with Gasteiger partial charge in [-0.05, 0) is 24.3 Å². The lowest BCUT2D eigenvalue weighted by atomic mass is 10.2. The predicted molar refractivity (Wildman–Crippen MR) is 99.3 cm³/mol. The van der Waals surface area contributed by atoms with Gasteiger partial charge in [-0.25, -0.2) is 0 Å². The van der Waals surface area contributed by atoms with Crippen LogP contribution in [-0.2, 0) is 20.8 Å². The molecular formula is C20H17NO7. The van der Waals surface area contributed by atoms with Crippen LogP contribution in [0.1, 0.15) is 19.6 Å². The molecule has 3 aromatic rings. The number of fused-ring (bicyclic) bond motifs is 1. The maximum atomic E-state index is 12.4. The summed E-state index contributed by atoms with van der Waals surface area (Å²) >= 11 is 0. The molecule has 3 rings (SSSR count). The van der Waals surface area contributed by atoms with E-state index >= 15 is 0 Å². The van der Waals surface area contributed by atoms with Crippen molar-refractivity contribution in [3.8, 4) is 17.2 Å². The minimum absolute atomic E-state index is 0.0140. The molecule has 8 heteroatoms. The Morgan fingerprint density at radius 2 is 1.79 bits per heavy atom. The number of hydrogen-bond acceptors (Lipinski definition) is 7. The summed E-state index contributed by atoms with van der Waals surface area (Å²) in [4.78, 5) is 34.9. The van der Waals surface area contributed by atoms with E-state index in [1.54, 1.807) is 18.2 Å². The van der Waals surface area contributed by atoms with Gasteiger partial charge in [-0.2, -0.15) is 0 Å². The molecule has 2 aromatic carbocycles. The lowest BCUT2D eigenvalue weighted by Crippen LogP contribution is -2.15.